The Labute approximate surface area is 158 Å². The van der Waals surface area contributed by atoms with E-state index in [1.54, 1.807) is 12.2 Å². The van der Waals surface area contributed by atoms with Gasteiger partial charge in [0.25, 0.3) is 0 Å². The number of hydrogen-bond donors (Lipinski definition) is 2. The third-order valence-corrected chi connectivity index (χ3v) is 4.40. The molecular formula is C22H34O4. The predicted octanol–water partition coefficient (Wildman–Crippen LogP) is 4.95. The topological polar surface area (TPSA) is 70.1 Å². The summed E-state index contributed by atoms with van der Waals surface area (Å²) in [5.41, 5.74) is 0. The molecule has 0 aliphatic carbocycles. The van der Waals surface area contributed by atoms with Crippen LogP contribution in [0.3, 0.4) is 0 Å². The van der Waals surface area contributed by atoms with Crippen molar-refractivity contribution in [2.24, 2.45) is 0 Å². The highest BCUT2D eigenvalue weighted by Crippen LogP contribution is 2.32. The van der Waals surface area contributed by atoms with Gasteiger partial charge in [-0.15, -0.1) is 0 Å². The molecule has 0 bridgehead atoms. The number of carboxylic acid groups (broad SMARTS) is 1. The van der Waals surface area contributed by atoms with Crippen LogP contribution in [0, 0.1) is 0 Å². The number of unbranched alkanes of at least 4 members (excludes halogenated alkanes) is 5. The molecule has 0 spiro atoms. The van der Waals surface area contributed by atoms with Crippen molar-refractivity contribution in [1.82, 2.24) is 0 Å². The summed E-state index contributed by atoms with van der Waals surface area (Å²) in [5, 5.41) is 18.6. The molecule has 1 fully saturated rings. The molecule has 1 heterocycles. The maximum Gasteiger partial charge on any atom is 0.328 e. The van der Waals surface area contributed by atoms with Gasteiger partial charge in [0.1, 0.15) is 6.10 Å². The Morgan fingerprint density at radius 3 is 2.38 bits per heavy atom. The molecule has 0 saturated carbocycles. The third kappa shape index (κ3) is 11.8. The molecule has 1 saturated heterocycles. The minimum absolute atomic E-state index is 0.0403. The van der Waals surface area contributed by atoms with E-state index in [0.717, 1.165) is 25.3 Å². The van der Waals surface area contributed by atoms with Crippen molar-refractivity contribution in [2.45, 2.75) is 83.0 Å². The highest BCUT2D eigenvalue weighted by molar-refractivity contribution is 5.80. The number of carboxylic acids is 1. The van der Waals surface area contributed by atoms with Gasteiger partial charge in [-0.05, 0) is 19.3 Å². The van der Waals surface area contributed by atoms with Crippen molar-refractivity contribution in [2.75, 3.05) is 0 Å². The molecule has 1 rings (SSSR count). The number of aliphatic carboxylic acids is 1. The molecule has 0 amide bonds. The van der Waals surface area contributed by atoms with Crippen molar-refractivity contribution in [3.05, 3.63) is 48.6 Å². The van der Waals surface area contributed by atoms with Gasteiger partial charge in [-0.1, -0.05) is 88.0 Å². The Morgan fingerprint density at radius 1 is 1.00 bits per heavy atom. The van der Waals surface area contributed by atoms with E-state index in [9.17, 15) is 9.90 Å². The first-order valence-corrected chi connectivity index (χ1v) is 9.88. The monoisotopic (exact) mass is 362 g/mol. The molecule has 4 heteroatoms. The minimum Gasteiger partial charge on any atom is -0.478 e. The summed E-state index contributed by atoms with van der Waals surface area (Å²) >= 11 is 0. The Balaban J connectivity index is 2.02. The van der Waals surface area contributed by atoms with E-state index in [1.807, 2.05) is 24.3 Å². The Morgan fingerprint density at radius 2 is 1.65 bits per heavy atom. The van der Waals surface area contributed by atoms with Gasteiger partial charge in [0, 0.05) is 6.08 Å². The summed E-state index contributed by atoms with van der Waals surface area (Å²) in [6, 6.07) is 0. The van der Waals surface area contributed by atoms with E-state index in [-0.39, 0.29) is 18.3 Å². The average molecular weight is 363 g/mol. The van der Waals surface area contributed by atoms with Crippen LogP contribution in [-0.4, -0.2) is 34.5 Å². The van der Waals surface area contributed by atoms with Crippen LogP contribution in [0.5, 0.6) is 0 Å². The van der Waals surface area contributed by atoms with Crippen LogP contribution < -0.4 is 0 Å². The molecule has 26 heavy (non-hydrogen) atoms. The first-order chi connectivity index (χ1) is 12.6. The standard InChI is InChI=1S/C22H34O4/c1-2-3-4-5-11-14-17-20-22(26-20)19(23)16-13-10-8-6-7-9-12-15-18-21(24)25/h6-10,12,15,18-20,22-23H,2-5,11,13-14,16-17H2,1H3,(H,24,25)/b7-6+,10-8+,12-9+,18-15+. The van der Waals surface area contributed by atoms with Crippen LogP contribution in [0.1, 0.15) is 64.7 Å². The maximum atomic E-state index is 10.3. The lowest BCUT2D eigenvalue weighted by Gasteiger charge is -2.05. The molecule has 1 aliphatic rings. The number of epoxide rings is 1. The molecule has 1 aliphatic heterocycles. The molecule has 4 nitrogen and oxygen atoms in total. The fraction of sp³-hybridized carbons (Fsp3) is 0.591. The summed E-state index contributed by atoms with van der Waals surface area (Å²) in [6.07, 6.45) is 24.0. The van der Waals surface area contributed by atoms with Crippen molar-refractivity contribution >= 4 is 5.97 Å². The summed E-state index contributed by atoms with van der Waals surface area (Å²) in [7, 11) is 0. The zero-order valence-corrected chi connectivity index (χ0v) is 15.9. The number of aliphatic hydroxyl groups excluding tert-OH is 1. The van der Waals surface area contributed by atoms with Gasteiger partial charge in [-0.2, -0.15) is 0 Å². The Hall–Kier alpha value is -1.65. The van der Waals surface area contributed by atoms with Crippen molar-refractivity contribution in [3.63, 3.8) is 0 Å². The SMILES string of the molecule is CCCCCCCCC1OC1C(O)CC/C=C/C=C/C=C/C=C/C(=O)O. The van der Waals surface area contributed by atoms with Crippen LogP contribution in [-0.2, 0) is 9.53 Å². The molecule has 2 N–H and O–H groups in total. The number of allylic oxidation sites excluding steroid dienone is 7. The third-order valence-electron chi connectivity index (χ3n) is 4.40. The predicted molar refractivity (Wildman–Crippen MR) is 106 cm³/mol. The first kappa shape index (κ1) is 22.4. The van der Waals surface area contributed by atoms with Gasteiger partial charge in [-0.25, -0.2) is 4.79 Å². The molecule has 3 atom stereocenters. The van der Waals surface area contributed by atoms with E-state index in [4.69, 9.17) is 9.84 Å². The lowest BCUT2D eigenvalue weighted by Crippen LogP contribution is -2.16. The molecule has 0 aromatic rings. The van der Waals surface area contributed by atoms with Gasteiger partial charge < -0.3 is 14.9 Å². The molecule has 146 valence electrons. The number of aliphatic hydroxyl groups is 1. The smallest absolute Gasteiger partial charge is 0.328 e. The largest absolute Gasteiger partial charge is 0.478 e. The Bertz CT molecular complexity index is 490. The van der Waals surface area contributed by atoms with Crippen molar-refractivity contribution in [1.29, 1.82) is 0 Å². The van der Waals surface area contributed by atoms with E-state index in [0.29, 0.717) is 0 Å². The first-order valence-electron chi connectivity index (χ1n) is 9.88. The second-order valence-electron chi connectivity index (χ2n) is 6.74. The van der Waals surface area contributed by atoms with Gasteiger partial charge in [0.15, 0.2) is 0 Å². The second-order valence-corrected chi connectivity index (χ2v) is 6.74. The van der Waals surface area contributed by atoms with Crippen LogP contribution in [0.15, 0.2) is 48.6 Å². The van der Waals surface area contributed by atoms with E-state index in [1.165, 1.54) is 44.6 Å². The van der Waals surface area contributed by atoms with E-state index in [2.05, 4.69) is 6.92 Å². The van der Waals surface area contributed by atoms with Crippen LogP contribution in [0.4, 0.5) is 0 Å². The molecule has 0 radical (unpaired) electrons. The Kier molecular flexibility index (Phi) is 12.5. The zero-order chi connectivity index (χ0) is 19.0. The lowest BCUT2D eigenvalue weighted by atomic mass is 10.0. The summed E-state index contributed by atoms with van der Waals surface area (Å²) in [4.78, 5) is 10.3. The molecule has 0 aromatic heterocycles. The normalized spacial score (nSPS) is 21.5. The highest BCUT2D eigenvalue weighted by Gasteiger charge is 2.42. The molecule has 0 aromatic carbocycles. The number of carbonyl (C=O) groups is 1. The quantitative estimate of drug-likeness (QED) is 0.187. The fourth-order valence-electron chi connectivity index (χ4n) is 2.85. The van der Waals surface area contributed by atoms with Gasteiger partial charge in [0.05, 0.1) is 12.2 Å². The lowest BCUT2D eigenvalue weighted by molar-refractivity contribution is -0.131. The average Bonchev–Trinajstić information content (AvgIpc) is 3.39. The van der Waals surface area contributed by atoms with Crippen molar-refractivity contribution in [3.8, 4) is 0 Å². The summed E-state index contributed by atoms with van der Waals surface area (Å²) < 4.78 is 5.61. The number of rotatable bonds is 15. The van der Waals surface area contributed by atoms with Crippen LogP contribution >= 0.6 is 0 Å². The number of hydrogen-bond acceptors (Lipinski definition) is 3. The van der Waals surface area contributed by atoms with Gasteiger partial charge >= 0.3 is 5.97 Å². The number of ether oxygens (including phenoxy) is 1. The highest BCUT2D eigenvalue weighted by atomic mass is 16.6. The van der Waals surface area contributed by atoms with Gasteiger partial charge in [-0.3, -0.25) is 0 Å². The van der Waals surface area contributed by atoms with Gasteiger partial charge in [0.2, 0.25) is 0 Å². The second kappa shape index (κ2) is 14.5. The van der Waals surface area contributed by atoms with E-state index < -0.39 is 5.97 Å². The van der Waals surface area contributed by atoms with Crippen molar-refractivity contribution < 1.29 is 19.7 Å². The fourth-order valence-corrected chi connectivity index (χ4v) is 2.85. The summed E-state index contributed by atoms with van der Waals surface area (Å²) in [5.74, 6) is -0.953. The maximum absolute atomic E-state index is 10.3. The zero-order valence-electron chi connectivity index (χ0n) is 15.9. The molecule has 3 unspecified atom stereocenters. The van der Waals surface area contributed by atoms with Crippen LogP contribution in [0.2, 0.25) is 0 Å². The van der Waals surface area contributed by atoms with Crippen LogP contribution in [0.25, 0.3) is 0 Å². The minimum atomic E-state index is -0.953. The summed E-state index contributed by atoms with van der Waals surface area (Å²) in [6.45, 7) is 2.23. The molecular weight excluding hydrogens is 328 g/mol. The van der Waals surface area contributed by atoms with E-state index >= 15 is 0 Å².